The third-order valence-electron chi connectivity index (χ3n) is 5.56. The van der Waals surface area contributed by atoms with Crippen molar-refractivity contribution in [1.29, 1.82) is 0 Å². The summed E-state index contributed by atoms with van der Waals surface area (Å²) in [5.41, 5.74) is 0.841. The van der Waals surface area contributed by atoms with Gasteiger partial charge in [0.25, 0.3) is 5.78 Å². The van der Waals surface area contributed by atoms with E-state index in [9.17, 15) is 14.7 Å². The Morgan fingerprint density at radius 1 is 1.06 bits per heavy atom. The van der Waals surface area contributed by atoms with Crippen LogP contribution in [0, 0.1) is 0 Å². The molecule has 1 unspecified atom stereocenters. The van der Waals surface area contributed by atoms with Gasteiger partial charge in [-0.1, -0.05) is 24.8 Å². The number of hydrogen-bond acceptors (Lipinski definition) is 7. The molecule has 1 aliphatic heterocycles. The van der Waals surface area contributed by atoms with Gasteiger partial charge in [-0.15, -0.1) is 0 Å². The number of methoxy groups -OCH3 is 2. The Hall–Kier alpha value is -4.59. The number of rotatable bonds is 8. The molecule has 1 fully saturated rings. The molecular formula is C27H24N2O6. The number of hydrogen-bond donors (Lipinski definition) is 1. The second kappa shape index (κ2) is 10.1. The SMILES string of the molecule is C=CCOc1ccc(/C(O)=C2\C(=O)C(=O)N(c3ccccn3)C2c2ccc(OC)c(OC)c2)cc1. The molecule has 0 aliphatic carbocycles. The number of benzene rings is 2. The van der Waals surface area contributed by atoms with E-state index >= 15 is 0 Å². The van der Waals surface area contributed by atoms with Gasteiger partial charge in [0.15, 0.2) is 11.5 Å². The van der Waals surface area contributed by atoms with Crippen molar-refractivity contribution in [3.8, 4) is 17.2 Å². The number of Topliss-reactive ketones (excluding diaryl/α,β-unsaturated/α-hetero) is 1. The molecule has 4 rings (SSSR count). The maximum Gasteiger partial charge on any atom is 0.301 e. The van der Waals surface area contributed by atoms with Gasteiger partial charge in [0, 0.05) is 11.8 Å². The van der Waals surface area contributed by atoms with Crippen molar-refractivity contribution in [1.82, 2.24) is 4.98 Å². The van der Waals surface area contributed by atoms with E-state index in [4.69, 9.17) is 14.2 Å². The second-order valence-corrected chi connectivity index (χ2v) is 7.60. The summed E-state index contributed by atoms with van der Waals surface area (Å²) >= 11 is 0. The van der Waals surface area contributed by atoms with E-state index in [-0.39, 0.29) is 17.2 Å². The van der Waals surface area contributed by atoms with Gasteiger partial charge in [0.2, 0.25) is 0 Å². The van der Waals surface area contributed by atoms with Crippen LogP contribution in [-0.2, 0) is 9.59 Å². The number of carbonyl (C=O) groups excluding carboxylic acids is 2. The molecule has 1 aromatic heterocycles. The molecule has 0 radical (unpaired) electrons. The minimum Gasteiger partial charge on any atom is -0.507 e. The molecule has 35 heavy (non-hydrogen) atoms. The van der Waals surface area contributed by atoms with Crippen LogP contribution >= 0.6 is 0 Å². The van der Waals surface area contributed by atoms with Crippen LogP contribution in [0.2, 0.25) is 0 Å². The normalized spacial score (nSPS) is 16.7. The molecule has 3 aromatic rings. The molecule has 0 bridgehead atoms. The van der Waals surface area contributed by atoms with E-state index in [1.165, 1.54) is 25.3 Å². The maximum atomic E-state index is 13.2. The fraction of sp³-hybridized carbons (Fsp3) is 0.148. The Balaban J connectivity index is 1.88. The zero-order valence-corrected chi connectivity index (χ0v) is 19.3. The van der Waals surface area contributed by atoms with Gasteiger partial charge < -0.3 is 19.3 Å². The summed E-state index contributed by atoms with van der Waals surface area (Å²) in [6, 6.07) is 15.7. The predicted octanol–water partition coefficient (Wildman–Crippen LogP) is 4.29. The van der Waals surface area contributed by atoms with E-state index in [0.29, 0.717) is 35.0 Å². The van der Waals surface area contributed by atoms with Crippen molar-refractivity contribution < 1.29 is 28.9 Å². The highest BCUT2D eigenvalue weighted by molar-refractivity contribution is 6.51. The number of anilines is 1. The zero-order valence-electron chi connectivity index (χ0n) is 19.3. The van der Waals surface area contributed by atoms with Crippen molar-refractivity contribution in [3.63, 3.8) is 0 Å². The van der Waals surface area contributed by atoms with Gasteiger partial charge in [0.1, 0.15) is 23.9 Å². The first-order valence-corrected chi connectivity index (χ1v) is 10.8. The zero-order chi connectivity index (χ0) is 24.9. The lowest BCUT2D eigenvalue weighted by atomic mass is 9.95. The summed E-state index contributed by atoms with van der Waals surface area (Å²) in [5.74, 6) is -0.164. The van der Waals surface area contributed by atoms with Crippen molar-refractivity contribution in [3.05, 3.63) is 96.2 Å². The molecule has 1 aliphatic rings. The largest absolute Gasteiger partial charge is 0.507 e. The van der Waals surface area contributed by atoms with Gasteiger partial charge in [-0.3, -0.25) is 14.5 Å². The Bertz CT molecular complexity index is 1280. The van der Waals surface area contributed by atoms with Crippen LogP contribution in [0.3, 0.4) is 0 Å². The molecule has 0 spiro atoms. The summed E-state index contributed by atoms with van der Waals surface area (Å²) in [6.45, 7) is 3.95. The molecule has 8 nitrogen and oxygen atoms in total. The first-order chi connectivity index (χ1) is 17.0. The van der Waals surface area contributed by atoms with Gasteiger partial charge in [-0.25, -0.2) is 4.98 Å². The number of aromatic nitrogens is 1. The molecular weight excluding hydrogens is 448 g/mol. The number of pyridine rings is 1. The van der Waals surface area contributed by atoms with E-state index in [2.05, 4.69) is 11.6 Å². The monoisotopic (exact) mass is 472 g/mol. The molecule has 1 amide bonds. The summed E-state index contributed by atoms with van der Waals surface area (Å²) in [4.78, 5) is 32.0. The number of aliphatic hydroxyl groups excluding tert-OH is 1. The van der Waals surface area contributed by atoms with Crippen LogP contribution in [0.4, 0.5) is 5.82 Å². The van der Waals surface area contributed by atoms with E-state index in [1.54, 1.807) is 66.7 Å². The fourth-order valence-electron chi connectivity index (χ4n) is 3.92. The molecule has 2 heterocycles. The van der Waals surface area contributed by atoms with Crippen molar-refractivity contribution in [2.24, 2.45) is 0 Å². The number of ketones is 1. The summed E-state index contributed by atoms with van der Waals surface area (Å²) in [6.07, 6.45) is 3.15. The number of ether oxygens (including phenoxy) is 3. The van der Waals surface area contributed by atoms with E-state index in [1.807, 2.05) is 0 Å². The standard InChI is InChI=1S/C27H24N2O6/c1-4-15-35-19-11-8-17(9-12-19)25(30)23-24(18-10-13-20(33-2)21(16-18)34-3)29(27(32)26(23)31)22-7-5-6-14-28-22/h4-14,16,24,30H,1,15H2,2-3H3/b25-23+. The molecule has 178 valence electrons. The minimum absolute atomic E-state index is 0.0624. The summed E-state index contributed by atoms with van der Waals surface area (Å²) in [5, 5.41) is 11.2. The van der Waals surface area contributed by atoms with Gasteiger partial charge in [0.05, 0.1) is 25.8 Å². The molecule has 1 N–H and O–H groups in total. The highest BCUT2D eigenvalue weighted by Gasteiger charge is 2.47. The third kappa shape index (κ3) is 4.46. The number of carbonyl (C=O) groups is 2. The van der Waals surface area contributed by atoms with Gasteiger partial charge >= 0.3 is 5.91 Å². The minimum atomic E-state index is -0.943. The smallest absolute Gasteiger partial charge is 0.301 e. The van der Waals surface area contributed by atoms with Gasteiger partial charge in [-0.05, 0) is 54.1 Å². The number of aliphatic hydroxyl groups is 1. The van der Waals surface area contributed by atoms with Crippen molar-refractivity contribution in [2.75, 3.05) is 25.7 Å². The maximum absolute atomic E-state index is 13.2. The molecule has 0 saturated carbocycles. The number of nitrogens with zero attached hydrogens (tertiary/aromatic N) is 2. The lowest BCUT2D eigenvalue weighted by molar-refractivity contribution is -0.132. The van der Waals surface area contributed by atoms with Crippen LogP contribution < -0.4 is 19.1 Å². The topological polar surface area (TPSA) is 98.2 Å². The fourth-order valence-corrected chi connectivity index (χ4v) is 3.92. The molecule has 1 saturated heterocycles. The average Bonchev–Trinajstić information content (AvgIpc) is 3.17. The van der Waals surface area contributed by atoms with Crippen molar-refractivity contribution >= 4 is 23.3 Å². The van der Waals surface area contributed by atoms with Crippen LogP contribution in [0.15, 0.2) is 85.1 Å². The highest BCUT2D eigenvalue weighted by atomic mass is 16.5. The molecule has 2 aromatic carbocycles. The molecule has 1 atom stereocenters. The molecule has 8 heteroatoms. The second-order valence-electron chi connectivity index (χ2n) is 7.60. The Labute approximate surface area is 202 Å². The van der Waals surface area contributed by atoms with Crippen LogP contribution in [-0.4, -0.2) is 42.6 Å². The lowest BCUT2D eigenvalue weighted by Crippen LogP contribution is -2.30. The van der Waals surface area contributed by atoms with Crippen LogP contribution in [0.25, 0.3) is 5.76 Å². The number of amides is 1. The van der Waals surface area contributed by atoms with E-state index in [0.717, 1.165) is 0 Å². The Morgan fingerprint density at radius 3 is 2.43 bits per heavy atom. The summed E-state index contributed by atoms with van der Waals surface area (Å²) in [7, 11) is 3.01. The predicted molar refractivity (Wildman–Crippen MR) is 131 cm³/mol. The Kier molecular flexibility index (Phi) is 6.82. The first-order valence-electron chi connectivity index (χ1n) is 10.8. The first kappa shape index (κ1) is 23.6. The van der Waals surface area contributed by atoms with Crippen LogP contribution in [0.1, 0.15) is 17.2 Å². The highest BCUT2D eigenvalue weighted by Crippen LogP contribution is 2.43. The Morgan fingerprint density at radius 2 is 1.80 bits per heavy atom. The van der Waals surface area contributed by atoms with Gasteiger partial charge in [-0.2, -0.15) is 0 Å². The van der Waals surface area contributed by atoms with Crippen molar-refractivity contribution in [2.45, 2.75) is 6.04 Å². The lowest BCUT2D eigenvalue weighted by Gasteiger charge is -2.25. The van der Waals surface area contributed by atoms with Crippen LogP contribution in [0.5, 0.6) is 17.2 Å². The van der Waals surface area contributed by atoms with E-state index < -0.39 is 17.7 Å². The summed E-state index contributed by atoms with van der Waals surface area (Å²) < 4.78 is 16.2. The average molecular weight is 472 g/mol. The third-order valence-corrected chi connectivity index (χ3v) is 5.56. The quantitative estimate of drug-likeness (QED) is 0.226.